The normalized spacial score (nSPS) is 11.5. The lowest BCUT2D eigenvalue weighted by atomic mass is 10.0. The van der Waals surface area contributed by atoms with Crippen LogP contribution in [0.5, 0.6) is 0 Å². The number of carbonyl (C=O) groups is 1. The zero-order chi connectivity index (χ0) is 18.2. The summed E-state index contributed by atoms with van der Waals surface area (Å²) in [5, 5.41) is 5.10. The minimum atomic E-state index is -4.04. The Morgan fingerprint density at radius 2 is 1.96 bits per heavy atom. The molecule has 3 rings (SSSR count). The van der Waals surface area contributed by atoms with Gasteiger partial charge in [-0.1, -0.05) is 0 Å². The molecule has 0 spiro atoms. The van der Waals surface area contributed by atoms with Gasteiger partial charge in [0.05, 0.1) is 16.8 Å². The van der Waals surface area contributed by atoms with E-state index in [1.54, 1.807) is 0 Å². The number of nitrogens with one attached hydrogen (secondary N) is 1. The predicted molar refractivity (Wildman–Crippen MR) is 89.6 cm³/mol. The fraction of sp³-hybridized carbons (Fsp3) is 0. The molecule has 3 aromatic rings. The molecule has 0 aliphatic carbocycles. The van der Waals surface area contributed by atoms with Crippen LogP contribution < -0.4 is 9.97 Å². The highest BCUT2D eigenvalue weighted by Crippen LogP contribution is 2.27. The molecule has 0 saturated carbocycles. The highest BCUT2D eigenvalue weighted by molar-refractivity contribution is 7.89. The number of fused-ring (bicyclic) bond motifs is 1. The Labute approximate surface area is 146 Å². The van der Waals surface area contributed by atoms with Crippen molar-refractivity contribution in [3.05, 3.63) is 54.0 Å². The molecule has 0 unspecified atom stereocenters. The highest BCUT2D eigenvalue weighted by atomic mass is 35.5. The van der Waals surface area contributed by atoms with Gasteiger partial charge in [0.2, 0.25) is 0 Å². The number of benzene rings is 1. The standard InChI is InChI=1S/C15H10ClFN4O3S/c16-21-15(22)11-6-9-5-10(17)1-2-12(9)20-14(11)8-3-4-19-13(7-8)25(18,23)24/h1-7H,(H,21,22)(H2,18,23,24). The third-order valence-corrected chi connectivity index (χ3v) is 4.38. The zero-order valence-electron chi connectivity index (χ0n) is 12.4. The van der Waals surface area contributed by atoms with Crippen LogP contribution in [-0.2, 0) is 10.0 Å². The van der Waals surface area contributed by atoms with Gasteiger partial charge in [0.15, 0.2) is 5.03 Å². The minimum Gasteiger partial charge on any atom is -0.268 e. The van der Waals surface area contributed by atoms with E-state index in [4.69, 9.17) is 16.9 Å². The summed E-state index contributed by atoms with van der Waals surface area (Å²) in [7, 11) is -4.04. The molecule has 1 aromatic carbocycles. The predicted octanol–water partition coefficient (Wildman–Crippen LogP) is 1.97. The maximum atomic E-state index is 13.4. The Kier molecular flexibility index (Phi) is 4.38. The fourth-order valence-corrected chi connectivity index (χ4v) is 2.90. The number of nitrogens with zero attached hydrogens (tertiary/aromatic N) is 2. The second kappa shape index (κ2) is 6.36. The van der Waals surface area contributed by atoms with Crippen molar-refractivity contribution in [2.24, 2.45) is 5.14 Å². The molecule has 3 N–H and O–H groups in total. The van der Waals surface area contributed by atoms with Crippen LogP contribution in [0.25, 0.3) is 22.2 Å². The monoisotopic (exact) mass is 380 g/mol. The van der Waals surface area contributed by atoms with Crippen LogP contribution >= 0.6 is 11.8 Å². The van der Waals surface area contributed by atoms with Crippen molar-refractivity contribution in [1.29, 1.82) is 0 Å². The number of sulfonamides is 1. The van der Waals surface area contributed by atoms with Gasteiger partial charge in [-0.15, -0.1) is 0 Å². The number of nitrogens with two attached hydrogens (primary N) is 1. The first kappa shape index (κ1) is 17.2. The van der Waals surface area contributed by atoms with Crippen molar-refractivity contribution in [3.8, 4) is 11.3 Å². The van der Waals surface area contributed by atoms with Crippen LogP contribution in [0.1, 0.15) is 10.4 Å². The van der Waals surface area contributed by atoms with E-state index in [1.165, 1.54) is 42.6 Å². The SMILES string of the molecule is NS(=O)(=O)c1cc(-c2nc3ccc(F)cc3cc2C(=O)NCl)ccn1. The maximum Gasteiger partial charge on any atom is 0.267 e. The highest BCUT2D eigenvalue weighted by Gasteiger charge is 2.18. The molecule has 0 fully saturated rings. The smallest absolute Gasteiger partial charge is 0.267 e. The molecule has 0 aliphatic rings. The molecule has 2 heterocycles. The molecule has 0 radical (unpaired) electrons. The Balaban J connectivity index is 2.31. The van der Waals surface area contributed by atoms with Gasteiger partial charge < -0.3 is 0 Å². The lowest BCUT2D eigenvalue weighted by molar-refractivity contribution is 0.0982. The number of halogens is 2. The van der Waals surface area contributed by atoms with Crippen molar-refractivity contribution >= 4 is 38.6 Å². The largest absolute Gasteiger partial charge is 0.268 e. The van der Waals surface area contributed by atoms with Crippen LogP contribution in [-0.4, -0.2) is 24.3 Å². The Morgan fingerprint density at radius 1 is 1.20 bits per heavy atom. The lowest BCUT2D eigenvalue weighted by Gasteiger charge is -2.10. The quantitative estimate of drug-likeness (QED) is 0.674. The zero-order valence-corrected chi connectivity index (χ0v) is 14.0. The van der Waals surface area contributed by atoms with Gasteiger partial charge in [0.1, 0.15) is 5.82 Å². The van der Waals surface area contributed by atoms with E-state index in [2.05, 4.69) is 9.97 Å². The van der Waals surface area contributed by atoms with Crippen molar-refractivity contribution in [3.63, 3.8) is 0 Å². The Morgan fingerprint density at radius 3 is 2.64 bits per heavy atom. The van der Waals surface area contributed by atoms with E-state index in [9.17, 15) is 17.6 Å². The average molecular weight is 381 g/mol. The molecular weight excluding hydrogens is 371 g/mol. The van der Waals surface area contributed by atoms with Crippen LogP contribution in [0.2, 0.25) is 0 Å². The summed E-state index contributed by atoms with van der Waals surface area (Å²) in [6.07, 6.45) is 1.23. The third-order valence-electron chi connectivity index (χ3n) is 3.41. The summed E-state index contributed by atoms with van der Waals surface area (Å²) in [6, 6.07) is 7.96. The van der Waals surface area contributed by atoms with Crippen LogP contribution in [0.3, 0.4) is 0 Å². The summed E-state index contributed by atoms with van der Waals surface area (Å²) >= 11 is 5.40. The number of amides is 1. The molecule has 0 aliphatic heterocycles. The van der Waals surface area contributed by atoms with Gasteiger partial charge >= 0.3 is 0 Å². The minimum absolute atomic E-state index is 0.0414. The summed E-state index contributed by atoms with van der Waals surface area (Å²) < 4.78 is 36.4. The molecule has 7 nitrogen and oxygen atoms in total. The van der Waals surface area contributed by atoms with Gasteiger partial charge in [-0.3, -0.25) is 9.63 Å². The molecule has 1 amide bonds. The second-order valence-electron chi connectivity index (χ2n) is 5.07. The number of hydrogen-bond donors (Lipinski definition) is 2. The van der Waals surface area contributed by atoms with Crippen molar-refractivity contribution in [2.45, 2.75) is 5.03 Å². The molecule has 2 aromatic heterocycles. The number of carbonyl (C=O) groups excluding carboxylic acids is 1. The molecule has 25 heavy (non-hydrogen) atoms. The van der Waals surface area contributed by atoms with E-state index in [1.807, 2.05) is 4.84 Å². The summed E-state index contributed by atoms with van der Waals surface area (Å²) in [5.41, 5.74) is 0.904. The van der Waals surface area contributed by atoms with Gasteiger partial charge in [-0.25, -0.2) is 27.9 Å². The van der Waals surface area contributed by atoms with E-state index in [-0.39, 0.29) is 16.3 Å². The molecule has 0 bridgehead atoms. The summed E-state index contributed by atoms with van der Waals surface area (Å²) in [6.45, 7) is 0. The van der Waals surface area contributed by atoms with Crippen molar-refractivity contribution in [2.75, 3.05) is 0 Å². The second-order valence-corrected chi connectivity index (χ2v) is 6.77. The van der Waals surface area contributed by atoms with Crippen molar-refractivity contribution < 1.29 is 17.6 Å². The summed E-state index contributed by atoms with van der Waals surface area (Å²) in [5.74, 6) is -1.16. The lowest BCUT2D eigenvalue weighted by Crippen LogP contribution is -2.16. The van der Waals surface area contributed by atoms with Crippen LogP contribution in [0.4, 0.5) is 4.39 Å². The number of pyridine rings is 2. The fourth-order valence-electron chi connectivity index (χ4n) is 2.30. The third kappa shape index (κ3) is 3.43. The molecule has 128 valence electrons. The Bertz CT molecular complexity index is 1110. The van der Waals surface area contributed by atoms with Gasteiger partial charge in [-0.2, -0.15) is 0 Å². The molecule has 0 saturated heterocycles. The number of primary sulfonamides is 1. The van der Waals surface area contributed by atoms with Gasteiger partial charge in [0.25, 0.3) is 15.9 Å². The number of hydrogen-bond acceptors (Lipinski definition) is 5. The van der Waals surface area contributed by atoms with Gasteiger partial charge in [-0.05, 0) is 36.4 Å². The van der Waals surface area contributed by atoms with Crippen molar-refractivity contribution in [1.82, 2.24) is 14.8 Å². The first-order chi connectivity index (χ1) is 11.8. The molecular formula is C15H10ClFN4O3S. The van der Waals surface area contributed by atoms with E-state index < -0.39 is 21.7 Å². The van der Waals surface area contributed by atoms with Gasteiger partial charge in [0, 0.05) is 28.9 Å². The molecule has 0 atom stereocenters. The van der Waals surface area contributed by atoms with Crippen LogP contribution in [0, 0.1) is 5.82 Å². The van der Waals surface area contributed by atoms with E-state index >= 15 is 0 Å². The van der Waals surface area contributed by atoms with E-state index in [0.29, 0.717) is 16.5 Å². The Hall–Kier alpha value is -2.62. The number of aromatic nitrogens is 2. The average Bonchev–Trinajstić information content (AvgIpc) is 2.59. The summed E-state index contributed by atoms with van der Waals surface area (Å²) in [4.78, 5) is 22.1. The number of rotatable bonds is 3. The van der Waals surface area contributed by atoms with E-state index in [0.717, 1.165) is 0 Å². The first-order valence-electron chi connectivity index (χ1n) is 6.80. The first-order valence-corrected chi connectivity index (χ1v) is 8.72. The molecule has 10 heteroatoms. The maximum absolute atomic E-state index is 13.4. The van der Waals surface area contributed by atoms with Crippen LogP contribution in [0.15, 0.2) is 47.6 Å². The topological polar surface area (TPSA) is 115 Å².